The number of nitrogens with one attached hydrogen (secondary N) is 1. The molecule has 0 spiro atoms. The molecule has 238 valence electrons. The van der Waals surface area contributed by atoms with Crippen molar-refractivity contribution < 1.29 is 43.0 Å². The molecule has 0 amide bonds. The second-order valence-corrected chi connectivity index (χ2v) is 11.8. The number of anilines is 1. The molecule has 45 heavy (non-hydrogen) atoms. The molecule has 1 aliphatic heterocycles. The fourth-order valence-corrected chi connectivity index (χ4v) is 6.14. The van der Waals surface area contributed by atoms with Crippen LogP contribution in [0.4, 0.5) is 11.5 Å². The molecule has 0 bridgehead atoms. The van der Waals surface area contributed by atoms with E-state index in [0.29, 0.717) is 0 Å². The summed E-state index contributed by atoms with van der Waals surface area (Å²) in [6, 6.07) is 12.3. The molecule has 5 N–H and O–H groups in total. The van der Waals surface area contributed by atoms with Crippen molar-refractivity contribution in [3.8, 4) is 5.75 Å². The number of halogens is 1. The monoisotopic (exact) mass is 663 g/mol. The van der Waals surface area contributed by atoms with Crippen LogP contribution in [-0.2, 0) is 30.0 Å². The molecule has 5 rings (SSSR count). The predicted octanol–water partition coefficient (Wildman–Crippen LogP) is 2.51. The first-order valence-electron chi connectivity index (χ1n) is 13.3. The van der Waals surface area contributed by atoms with E-state index in [-0.39, 0.29) is 40.3 Å². The summed E-state index contributed by atoms with van der Waals surface area (Å²) in [6.45, 7) is 0.686. The number of fused-ring (bicyclic) bond motifs is 1. The van der Waals surface area contributed by atoms with Crippen LogP contribution in [0.25, 0.3) is 11.2 Å². The molecule has 17 nitrogen and oxygen atoms in total. The molecular formula is C26H27ClN7O10P. The van der Waals surface area contributed by atoms with E-state index in [2.05, 4.69) is 20.0 Å². The van der Waals surface area contributed by atoms with E-state index in [4.69, 9.17) is 35.9 Å². The highest BCUT2D eigenvalue weighted by atomic mass is 35.5. The first-order valence-corrected chi connectivity index (χ1v) is 15.2. The van der Waals surface area contributed by atoms with E-state index in [1.807, 2.05) is 0 Å². The van der Waals surface area contributed by atoms with Gasteiger partial charge in [-0.1, -0.05) is 30.3 Å². The lowest BCUT2D eigenvalue weighted by Crippen LogP contribution is -2.37. The number of carbonyl (C=O) groups excluding carboxylic acids is 1. The van der Waals surface area contributed by atoms with Crippen LogP contribution in [0.2, 0.25) is 5.28 Å². The minimum absolute atomic E-state index is 0.0281. The third-order valence-corrected chi connectivity index (χ3v) is 8.58. The minimum Gasteiger partial charge on any atom is -0.460 e. The number of nitrogens with two attached hydrogens (primary N) is 1. The van der Waals surface area contributed by atoms with E-state index in [1.54, 1.807) is 30.3 Å². The van der Waals surface area contributed by atoms with Gasteiger partial charge in [0.15, 0.2) is 23.2 Å². The number of esters is 1. The number of aliphatic hydroxyl groups is 2. The number of nitro groups is 1. The zero-order chi connectivity index (χ0) is 32.3. The molecule has 1 aliphatic rings. The van der Waals surface area contributed by atoms with Crippen LogP contribution in [0.3, 0.4) is 0 Å². The first-order chi connectivity index (χ1) is 21.5. The van der Waals surface area contributed by atoms with Crippen molar-refractivity contribution in [2.45, 2.75) is 44.1 Å². The van der Waals surface area contributed by atoms with Gasteiger partial charge in [0, 0.05) is 12.1 Å². The Labute approximate surface area is 259 Å². The normalized spacial score (nSPS) is 21.7. The summed E-state index contributed by atoms with van der Waals surface area (Å²) < 4.78 is 37.4. The lowest BCUT2D eigenvalue weighted by Gasteiger charge is -2.24. The molecular weight excluding hydrogens is 637 g/mol. The van der Waals surface area contributed by atoms with E-state index in [9.17, 15) is 29.7 Å². The Bertz CT molecular complexity index is 1730. The van der Waals surface area contributed by atoms with Crippen LogP contribution >= 0.6 is 19.3 Å². The van der Waals surface area contributed by atoms with Gasteiger partial charge in [-0.3, -0.25) is 24.0 Å². The quantitative estimate of drug-likeness (QED) is 0.0560. The van der Waals surface area contributed by atoms with Gasteiger partial charge in [-0.15, -0.1) is 0 Å². The molecule has 2 aromatic heterocycles. The molecule has 19 heteroatoms. The number of aliphatic hydroxyl groups excluding tert-OH is 2. The molecule has 1 unspecified atom stereocenters. The van der Waals surface area contributed by atoms with Gasteiger partial charge in [0.05, 0.1) is 11.5 Å². The topological polar surface area (TPSA) is 236 Å². The zero-order valence-corrected chi connectivity index (χ0v) is 25.0. The van der Waals surface area contributed by atoms with E-state index >= 15 is 0 Å². The fourth-order valence-electron chi connectivity index (χ4n) is 4.38. The summed E-state index contributed by atoms with van der Waals surface area (Å²) >= 11 is 6.27. The van der Waals surface area contributed by atoms with Crippen LogP contribution < -0.4 is 15.3 Å². The van der Waals surface area contributed by atoms with Crippen LogP contribution in [0.1, 0.15) is 18.7 Å². The van der Waals surface area contributed by atoms with Crippen molar-refractivity contribution in [3.05, 3.63) is 81.9 Å². The number of hydrogen-bond acceptors (Lipinski definition) is 14. The maximum Gasteiger partial charge on any atom is 0.459 e. The van der Waals surface area contributed by atoms with Crippen molar-refractivity contribution in [1.29, 1.82) is 0 Å². The van der Waals surface area contributed by atoms with E-state index in [1.165, 1.54) is 23.6 Å². The number of nitrogen functional groups attached to an aromatic ring is 1. The first kappa shape index (κ1) is 32.2. The fraction of sp³-hybridized carbons (Fsp3) is 0.308. The number of nitro benzene ring substituents is 1. The third-order valence-electron chi connectivity index (χ3n) is 6.67. The lowest BCUT2D eigenvalue weighted by atomic mass is 10.1. The average molecular weight is 664 g/mol. The molecule has 6 atom stereocenters. The number of benzene rings is 2. The van der Waals surface area contributed by atoms with Crippen LogP contribution in [0, 0.1) is 10.1 Å². The highest BCUT2D eigenvalue weighted by Gasteiger charge is 2.46. The highest BCUT2D eigenvalue weighted by molar-refractivity contribution is 7.52. The number of carbonyl (C=O) groups is 1. The van der Waals surface area contributed by atoms with Crippen molar-refractivity contribution in [2.24, 2.45) is 0 Å². The number of non-ortho nitro benzene ring substituents is 1. The SMILES string of the molecule is C[C@H](N[P@](=O)(OC[C@H]1O[C@@H](n2c(Cl)nc3c(N)ncnc32)C(O)[C@H]1O)Oc1ccc([N+](=O)[O-])cc1)C(=O)OCc1ccccc1. The second kappa shape index (κ2) is 13.4. The smallest absolute Gasteiger partial charge is 0.459 e. The Hall–Kier alpha value is -4.22. The van der Waals surface area contributed by atoms with Gasteiger partial charge in [-0.2, -0.15) is 5.09 Å². The Morgan fingerprint density at radius 1 is 1.20 bits per heavy atom. The molecule has 0 radical (unpaired) electrons. The zero-order valence-electron chi connectivity index (χ0n) is 23.4. The molecule has 2 aromatic carbocycles. The van der Waals surface area contributed by atoms with Crippen LogP contribution in [0.15, 0.2) is 60.9 Å². The summed E-state index contributed by atoms with van der Waals surface area (Å²) in [4.78, 5) is 35.2. The van der Waals surface area contributed by atoms with Gasteiger partial charge in [-0.25, -0.2) is 19.5 Å². The standard InChI is InChI=1S/C26H27ClN7O10P/c1-14(25(37)41-11-15-5-3-2-4-6-15)32-45(40,44-17-9-7-16(8-10-17)34(38)39)42-12-18-20(35)21(36)24(43-18)33-23-19(31-26(33)27)22(28)29-13-30-23/h2-10,13-14,18,20-21,24,35-36H,11-12H2,1H3,(H,32,40)(H2,28,29,30)/t14-,18+,20-,21?,24+,45-/m0/s1. The van der Waals surface area contributed by atoms with Crippen molar-refractivity contribution in [1.82, 2.24) is 24.6 Å². The highest BCUT2D eigenvalue weighted by Crippen LogP contribution is 2.46. The maximum absolute atomic E-state index is 13.9. The van der Waals surface area contributed by atoms with Gasteiger partial charge in [-0.05, 0) is 36.2 Å². The Morgan fingerprint density at radius 2 is 1.91 bits per heavy atom. The molecule has 4 aromatic rings. The van der Waals surface area contributed by atoms with Crippen molar-refractivity contribution >= 4 is 48.0 Å². The molecule has 0 aliphatic carbocycles. The van der Waals surface area contributed by atoms with Crippen LogP contribution in [-0.4, -0.2) is 71.6 Å². The van der Waals surface area contributed by atoms with E-state index < -0.39 is 55.8 Å². The van der Waals surface area contributed by atoms with Crippen molar-refractivity contribution in [3.63, 3.8) is 0 Å². The number of hydrogen-bond donors (Lipinski definition) is 4. The summed E-state index contributed by atoms with van der Waals surface area (Å²) in [5.41, 5.74) is 6.59. The number of imidazole rings is 1. The molecule has 3 heterocycles. The average Bonchev–Trinajstić information content (AvgIpc) is 3.50. The summed E-state index contributed by atoms with van der Waals surface area (Å²) in [6.07, 6.45) is -4.60. The van der Waals surface area contributed by atoms with E-state index in [0.717, 1.165) is 24.0 Å². The number of aromatic nitrogens is 4. The second-order valence-electron chi connectivity index (χ2n) is 9.81. The number of nitrogens with zero attached hydrogens (tertiary/aromatic N) is 5. The van der Waals surface area contributed by atoms with Gasteiger partial charge in [0.2, 0.25) is 5.28 Å². The summed E-state index contributed by atoms with van der Waals surface area (Å²) in [5.74, 6) is -0.855. The third kappa shape index (κ3) is 7.20. The Kier molecular flexibility index (Phi) is 9.59. The van der Waals surface area contributed by atoms with Gasteiger partial charge < -0.3 is 29.9 Å². The summed E-state index contributed by atoms with van der Waals surface area (Å²) in [7, 11) is -4.50. The minimum atomic E-state index is -4.50. The molecule has 1 fully saturated rings. The van der Waals surface area contributed by atoms with Gasteiger partial charge in [0.25, 0.3) is 5.69 Å². The van der Waals surface area contributed by atoms with Gasteiger partial charge in [0.1, 0.15) is 43.0 Å². The predicted molar refractivity (Wildman–Crippen MR) is 157 cm³/mol. The van der Waals surface area contributed by atoms with Crippen molar-refractivity contribution in [2.75, 3.05) is 12.3 Å². The number of ether oxygens (including phenoxy) is 2. The maximum atomic E-state index is 13.9. The Balaban J connectivity index is 1.32. The molecule has 1 saturated heterocycles. The summed E-state index contributed by atoms with van der Waals surface area (Å²) in [5, 5.41) is 35.0. The lowest BCUT2D eigenvalue weighted by molar-refractivity contribution is -0.384. The largest absolute Gasteiger partial charge is 0.460 e. The molecule has 0 saturated carbocycles. The van der Waals surface area contributed by atoms with Crippen LogP contribution in [0.5, 0.6) is 5.75 Å². The van der Waals surface area contributed by atoms with Gasteiger partial charge >= 0.3 is 13.7 Å². The number of rotatable bonds is 12. The Morgan fingerprint density at radius 3 is 2.60 bits per heavy atom.